The van der Waals surface area contributed by atoms with Crippen molar-refractivity contribution in [3.63, 3.8) is 0 Å². The Balaban J connectivity index is 2.92. The van der Waals surface area contributed by atoms with Crippen LogP contribution in [-0.4, -0.2) is 23.0 Å². The summed E-state index contributed by atoms with van der Waals surface area (Å²) in [4.78, 5) is 12.4. The molecule has 0 radical (unpaired) electrons. The molecule has 0 aliphatic rings. The number of carbonyl (C=O) groups is 1. The van der Waals surface area contributed by atoms with Crippen molar-refractivity contribution >= 4 is 16.8 Å². The summed E-state index contributed by atoms with van der Waals surface area (Å²) >= 11 is 0. The molecule has 1 atom stereocenters. The van der Waals surface area contributed by atoms with E-state index in [4.69, 9.17) is 4.74 Å². The maximum absolute atomic E-state index is 12.3. The van der Waals surface area contributed by atoms with Gasteiger partial charge >= 0.3 is 5.97 Å². The first-order chi connectivity index (χ1) is 8.27. The number of hydrogen-bond donors (Lipinski definition) is 0. The molecule has 0 aliphatic heterocycles. The third-order valence-electron chi connectivity index (χ3n) is 2.81. The number of esters is 1. The highest BCUT2D eigenvalue weighted by atomic mass is 32.2. The highest BCUT2D eigenvalue weighted by Crippen LogP contribution is 2.23. The van der Waals surface area contributed by atoms with Gasteiger partial charge in [-0.25, -0.2) is 0 Å². The van der Waals surface area contributed by atoms with Crippen molar-refractivity contribution in [2.24, 2.45) is 5.41 Å². The first kappa shape index (κ1) is 14.9. The van der Waals surface area contributed by atoms with Gasteiger partial charge in [-0.1, -0.05) is 17.7 Å². The highest BCUT2D eigenvalue weighted by Gasteiger charge is 2.31. The van der Waals surface area contributed by atoms with E-state index in [1.165, 1.54) is 7.11 Å². The molecule has 0 N–H and O–H groups in total. The number of rotatable bonds is 4. The van der Waals surface area contributed by atoms with E-state index in [0.29, 0.717) is 0 Å². The Morgan fingerprint density at radius 2 is 1.94 bits per heavy atom. The van der Waals surface area contributed by atoms with Crippen LogP contribution in [0.2, 0.25) is 0 Å². The summed E-state index contributed by atoms with van der Waals surface area (Å²) in [5.74, 6) is -0.0653. The van der Waals surface area contributed by atoms with Crippen molar-refractivity contribution in [1.82, 2.24) is 0 Å². The Bertz CT molecular complexity index is 478. The predicted molar refractivity (Wildman–Crippen MR) is 73.0 cm³/mol. The summed E-state index contributed by atoms with van der Waals surface area (Å²) < 4.78 is 17.0. The van der Waals surface area contributed by atoms with E-state index in [-0.39, 0.29) is 11.7 Å². The average Bonchev–Trinajstić information content (AvgIpc) is 2.26. The number of aryl methyl sites for hydroxylation is 2. The molecule has 18 heavy (non-hydrogen) atoms. The van der Waals surface area contributed by atoms with E-state index in [0.717, 1.165) is 16.0 Å². The molecule has 1 aromatic rings. The number of hydrogen-bond acceptors (Lipinski definition) is 3. The third kappa shape index (κ3) is 3.42. The van der Waals surface area contributed by atoms with E-state index < -0.39 is 16.2 Å². The summed E-state index contributed by atoms with van der Waals surface area (Å²) in [6.07, 6.45) is 0. The van der Waals surface area contributed by atoms with Crippen LogP contribution in [0.4, 0.5) is 0 Å². The molecule has 0 saturated carbocycles. The molecule has 0 bridgehead atoms. The van der Waals surface area contributed by atoms with Crippen LogP contribution in [0.3, 0.4) is 0 Å². The fourth-order valence-corrected chi connectivity index (χ4v) is 3.36. The Morgan fingerprint density at radius 1 is 1.33 bits per heavy atom. The van der Waals surface area contributed by atoms with Gasteiger partial charge in [-0.15, -0.1) is 0 Å². The lowest BCUT2D eigenvalue weighted by Gasteiger charge is -2.21. The first-order valence-corrected chi connectivity index (χ1v) is 7.14. The van der Waals surface area contributed by atoms with Gasteiger partial charge in [0.2, 0.25) is 0 Å². The van der Waals surface area contributed by atoms with Gasteiger partial charge < -0.3 is 4.74 Å². The van der Waals surface area contributed by atoms with Crippen molar-refractivity contribution < 1.29 is 13.7 Å². The Hall–Kier alpha value is -1.16. The first-order valence-electron chi connectivity index (χ1n) is 5.82. The Labute approximate surface area is 111 Å². The molecule has 1 unspecified atom stereocenters. The molecule has 4 heteroatoms. The maximum Gasteiger partial charge on any atom is 0.312 e. The molecule has 0 aliphatic carbocycles. The predicted octanol–water partition coefficient (Wildman–Crippen LogP) is 2.61. The van der Waals surface area contributed by atoms with Gasteiger partial charge in [0.1, 0.15) is 0 Å². The van der Waals surface area contributed by atoms with Gasteiger partial charge in [-0.3, -0.25) is 9.00 Å². The zero-order chi connectivity index (χ0) is 13.9. The molecule has 0 saturated heterocycles. The minimum Gasteiger partial charge on any atom is -0.469 e. The zero-order valence-electron chi connectivity index (χ0n) is 11.6. The lowest BCUT2D eigenvalue weighted by atomic mass is 9.97. The molecule has 3 nitrogen and oxygen atoms in total. The second-order valence-corrected chi connectivity index (χ2v) is 6.55. The van der Waals surface area contributed by atoms with Crippen LogP contribution in [-0.2, 0) is 20.3 Å². The second kappa shape index (κ2) is 5.65. The SMILES string of the molecule is COC(=O)C(C)(C)CS(=O)c1ccc(C)cc1C. The largest absolute Gasteiger partial charge is 0.469 e. The summed E-state index contributed by atoms with van der Waals surface area (Å²) in [5, 5.41) is 0. The van der Waals surface area contributed by atoms with Crippen LogP contribution in [0.1, 0.15) is 25.0 Å². The monoisotopic (exact) mass is 268 g/mol. The third-order valence-corrected chi connectivity index (χ3v) is 4.74. The van der Waals surface area contributed by atoms with Gasteiger partial charge in [0.05, 0.1) is 23.3 Å². The normalized spacial score (nSPS) is 13.2. The quantitative estimate of drug-likeness (QED) is 0.788. The van der Waals surface area contributed by atoms with Gasteiger partial charge in [0, 0.05) is 10.6 Å². The summed E-state index contributed by atoms with van der Waals surface area (Å²) in [6, 6.07) is 5.80. The molecule has 0 amide bonds. The van der Waals surface area contributed by atoms with Gasteiger partial charge in [0.15, 0.2) is 0 Å². The van der Waals surface area contributed by atoms with E-state index >= 15 is 0 Å². The number of benzene rings is 1. The standard InChI is InChI=1S/C14H20O3S/c1-10-6-7-12(11(2)8-10)18(16)9-14(3,4)13(15)17-5/h6-8H,9H2,1-5H3. The average molecular weight is 268 g/mol. The van der Waals surface area contributed by atoms with Crippen LogP contribution >= 0.6 is 0 Å². The molecule has 100 valence electrons. The van der Waals surface area contributed by atoms with E-state index in [9.17, 15) is 9.00 Å². The van der Waals surface area contributed by atoms with Crippen molar-refractivity contribution in [2.75, 3.05) is 12.9 Å². The molecule has 0 aromatic heterocycles. The van der Waals surface area contributed by atoms with Crippen LogP contribution in [0.5, 0.6) is 0 Å². The molecule has 0 heterocycles. The van der Waals surface area contributed by atoms with E-state index in [1.807, 2.05) is 32.0 Å². The minimum absolute atomic E-state index is 0.267. The maximum atomic E-state index is 12.3. The van der Waals surface area contributed by atoms with Crippen LogP contribution in [0.15, 0.2) is 23.1 Å². The van der Waals surface area contributed by atoms with Gasteiger partial charge in [0.25, 0.3) is 0 Å². The molecule has 0 fully saturated rings. The van der Waals surface area contributed by atoms with Crippen LogP contribution < -0.4 is 0 Å². The number of ether oxygens (including phenoxy) is 1. The summed E-state index contributed by atoms with van der Waals surface area (Å²) in [6.45, 7) is 7.43. The second-order valence-electron chi connectivity index (χ2n) is 5.13. The molecule has 1 rings (SSSR count). The minimum atomic E-state index is -1.20. The van der Waals surface area contributed by atoms with Crippen LogP contribution in [0, 0.1) is 19.3 Å². The topological polar surface area (TPSA) is 43.4 Å². The van der Waals surface area contributed by atoms with E-state index in [2.05, 4.69) is 0 Å². The van der Waals surface area contributed by atoms with Gasteiger partial charge in [-0.05, 0) is 39.3 Å². The fraction of sp³-hybridized carbons (Fsp3) is 0.500. The lowest BCUT2D eigenvalue weighted by Crippen LogP contribution is -2.31. The number of carbonyl (C=O) groups excluding carboxylic acids is 1. The lowest BCUT2D eigenvalue weighted by molar-refractivity contribution is -0.149. The fourth-order valence-electron chi connectivity index (χ4n) is 1.80. The van der Waals surface area contributed by atoms with Crippen LogP contribution in [0.25, 0.3) is 0 Å². The molecular formula is C14H20O3S. The van der Waals surface area contributed by atoms with E-state index in [1.54, 1.807) is 13.8 Å². The van der Waals surface area contributed by atoms with Crippen molar-refractivity contribution in [1.29, 1.82) is 0 Å². The smallest absolute Gasteiger partial charge is 0.312 e. The Morgan fingerprint density at radius 3 is 2.44 bits per heavy atom. The summed E-state index contributed by atoms with van der Waals surface area (Å²) in [7, 11) is 0.156. The van der Waals surface area contributed by atoms with Crippen molar-refractivity contribution in [3.8, 4) is 0 Å². The molecule has 1 aromatic carbocycles. The van der Waals surface area contributed by atoms with Gasteiger partial charge in [-0.2, -0.15) is 0 Å². The van der Waals surface area contributed by atoms with Crippen molar-refractivity contribution in [2.45, 2.75) is 32.6 Å². The molecule has 0 spiro atoms. The molecular weight excluding hydrogens is 248 g/mol. The van der Waals surface area contributed by atoms with Crippen molar-refractivity contribution in [3.05, 3.63) is 29.3 Å². The highest BCUT2D eigenvalue weighted by molar-refractivity contribution is 7.85. The zero-order valence-corrected chi connectivity index (χ0v) is 12.4. The summed E-state index contributed by atoms with van der Waals surface area (Å²) in [5.41, 5.74) is 1.39. The number of methoxy groups -OCH3 is 1. The Kier molecular flexibility index (Phi) is 4.68.